The van der Waals surface area contributed by atoms with Gasteiger partial charge in [0, 0.05) is 17.9 Å². The molecule has 1 heterocycles. The number of carbonyl (C=O) groups excluding carboxylic acids is 1. The smallest absolute Gasteiger partial charge is 0.257 e. The second kappa shape index (κ2) is 8.85. The zero-order valence-electron chi connectivity index (χ0n) is 15.2. The van der Waals surface area contributed by atoms with Gasteiger partial charge in [-0.2, -0.15) is 0 Å². The van der Waals surface area contributed by atoms with Crippen LogP contribution in [0, 0.1) is 12.7 Å². The standard InChI is InChI=1S/C19H20FN3O3S2/c1-13-2-7-16(12-17(13)18(24)23-19-21-10-11-27-19)28(25,26)22-9-8-14-3-5-15(20)6-4-14/h2-7,12,22H,8-11H2,1H3,(H,21,23,24). The molecule has 0 radical (unpaired) electrons. The Labute approximate surface area is 167 Å². The van der Waals surface area contributed by atoms with Crippen LogP contribution in [-0.4, -0.2) is 38.3 Å². The Kier molecular flexibility index (Phi) is 6.48. The first kappa shape index (κ1) is 20.5. The molecule has 0 atom stereocenters. The summed E-state index contributed by atoms with van der Waals surface area (Å²) in [7, 11) is -3.78. The molecule has 1 amide bonds. The molecule has 28 heavy (non-hydrogen) atoms. The van der Waals surface area contributed by atoms with Crippen LogP contribution in [0.4, 0.5) is 4.39 Å². The number of hydrogen-bond donors (Lipinski definition) is 2. The predicted molar refractivity (Wildman–Crippen MR) is 109 cm³/mol. The number of rotatable bonds is 6. The molecule has 0 saturated heterocycles. The SMILES string of the molecule is Cc1ccc(S(=O)(=O)NCCc2ccc(F)cc2)cc1C(=O)NC1=NCCS1. The van der Waals surface area contributed by atoms with Gasteiger partial charge in [0.05, 0.1) is 11.4 Å². The Morgan fingerprint density at radius 1 is 1.21 bits per heavy atom. The summed E-state index contributed by atoms with van der Waals surface area (Å²) in [6.07, 6.45) is 0.426. The van der Waals surface area contributed by atoms with Crippen molar-refractivity contribution in [3.63, 3.8) is 0 Å². The van der Waals surface area contributed by atoms with Crippen LogP contribution in [0.2, 0.25) is 0 Å². The summed E-state index contributed by atoms with van der Waals surface area (Å²) in [5.41, 5.74) is 1.78. The van der Waals surface area contributed by atoms with E-state index < -0.39 is 10.0 Å². The van der Waals surface area contributed by atoms with Crippen molar-refractivity contribution >= 4 is 32.9 Å². The van der Waals surface area contributed by atoms with Crippen LogP contribution in [0.25, 0.3) is 0 Å². The minimum Gasteiger partial charge on any atom is -0.301 e. The molecule has 1 aliphatic heterocycles. The van der Waals surface area contributed by atoms with E-state index in [1.54, 1.807) is 25.1 Å². The first-order valence-corrected chi connectivity index (χ1v) is 11.2. The number of nitrogens with one attached hydrogen (secondary N) is 2. The van der Waals surface area contributed by atoms with Gasteiger partial charge < -0.3 is 5.32 Å². The normalized spacial score (nSPS) is 14.0. The molecule has 0 spiro atoms. The number of sulfonamides is 1. The number of aryl methyl sites for hydroxylation is 1. The summed E-state index contributed by atoms with van der Waals surface area (Å²) in [6.45, 7) is 2.57. The fourth-order valence-corrected chi connectivity index (χ4v) is 4.43. The van der Waals surface area contributed by atoms with E-state index in [1.807, 2.05) is 0 Å². The summed E-state index contributed by atoms with van der Waals surface area (Å²) < 4.78 is 40.6. The number of halogens is 1. The van der Waals surface area contributed by atoms with Crippen LogP contribution in [0.15, 0.2) is 52.4 Å². The van der Waals surface area contributed by atoms with Crippen molar-refractivity contribution in [2.45, 2.75) is 18.2 Å². The molecule has 0 saturated carbocycles. The van der Waals surface area contributed by atoms with E-state index >= 15 is 0 Å². The lowest BCUT2D eigenvalue weighted by Gasteiger charge is -2.11. The molecular formula is C19H20FN3O3S2. The fourth-order valence-electron chi connectivity index (χ4n) is 2.65. The first-order valence-electron chi connectivity index (χ1n) is 8.68. The molecule has 0 unspecified atom stereocenters. The third kappa shape index (κ3) is 5.18. The molecule has 0 bridgehead atoms. The van der Waals surface area contributed by atoms with Crippen LogP contribution in [0.1, 0.15) is 21.5 Å². The Bertz CT molecular complexity index is 1010. The molecule has 2 N–H and O–H groups in total. The van der Waals surface area contributed by atoms with Gasteiger partial charge in [-0.05, 0) is 48.7 Å². The monoisotopic (exact) mass is 421 g/mol. The van der Waals surface area contributed by atoms with E-state index in [2.05, 4.69) is 15.0 Å². The molecule has 1 aliphatic rings. The Hall–Kier alpha value is -2.23. The van der Waals surface area contributed by atoms with Gasteiger partial charge in [-0.25, -0.2) is 17.5 Å². The van der Waals surface area contributed by atoms with E-state index in [9.17, 15) is 17.6 Å². The lowest BCUT2D eigenvalue weighted by molar-refractivity contribution is 0.0977. The van der Waals surface area contributed by atoms with Crippen molar-refractivity contribution in [2.24, 2.45) is 4.99 Å². The van der Waals surface area contributed by atoms with Crippen LogP contribution >= 0.6 is 11.8 Å². The number of carbonyl (C=O) groups is 1. The van der Waals surface area contributed by atoms with Crippen molar-refractivity contribution in [2.75, 3.05) is 18.8 Å². The highest BCUT2D eigenvalue weighted by atomic mass is 32.2. The number of aliphatic imine (C=N–C) groups is 1. The van der Waals surface area contributed by atoms with Crippen LogP contribution in [-0.2, 0) is 16.4 Å². The van der Waals surface area contributed by atoms with Crippen LogP contribution in [0.3, 0.4) is 0 Å². The van der Waals surface area contributed by atoms with Gasteiger partial charge in [0.1, 0.15) is 5.82 Å². The number of amides is 1. The molecule has 2 aromatic carbocycles. The van der Waals surface area contributed by atoms with E-state index in [4.69, 9.17) is 0 Å². The van der Waals surface area contributed by atoms with Gasteiger partial charge in [-0.3, -0.25) is 9.79 Å². The van der Waals surface area contributed by atoms with Crippen molar-refractivity contribution in [3.05, 3.63) is 65.0 Å². The predicted octanol–water partition coefficient (Wildman–Crippen LogP) is 2.49. The number of hydrogen-bond acceptors (Lipinski definition) is 5. The van der Waals surface area contributed by atoms with Gasteiger partial charge in [-0.1, -0.05) is 30.0 Å². The molecule has 0 fully saturated rings. The average Bonchev–Trinajstić information content (AvgIpc) is 3.16. The molecule has 6 nitrogen and oxygen atoms in total. The highest BCUT2D eigenvalue weighted by molar-refractivity contribution is 8.14. The van der Waals surface area contributed by atoms with Crippen molar-refractivity contribution < 1.29 is 17.6 Å². The van der Waals surface area contributed by atoms with Crippen molar-refractivity contribution in [3.8, 4) is 0 Å². The number of thioether (sulfide) groups is 1. The zero-order valence-corrected chi connectivity index (χ0v) is 16.9. The van der Waals surface area contributed by atoms with E-state index in [-0.39, 0.29) is 28.7 Å². The lowest BCUT2D eigenvalue weighted by Crippen LogP contribution is -2.29. The number of amidine groups is 1. The third-order valence-corrected chi connectivity index (χ3v) is 6.54. The highest BCUT2D eigenvalue weighted by Crippen LogP contribution is 2.17. The molecular weight excluding hydrogens is 401 g/mol. The van der Waals surface area contributed by atoms with Crippen molar-refractivity contribution in [1.82, 2.24) is 10.0 Å². The zero-order chi connectivity index (χ0) is 20.1. The largest absolute Gasteiger partial charge is 0.301 e. The molecule has 3 rings (SSSR count). The van der Waals surface area contributed by atoms with Crippen LogP contribution in [0.5, 0.6) is 0 Å². The summed E-state index contributed by atoms with van der Waals surface area (Å²) in [5, 5.41) is 3.26. The van der Waals surface area contributed by atoms with Crippen LogP contribution < -0.4 is 10.0 Å². The second-order valence-corrected chi connectivity index (χ2v) is 9.09. The van der Waals surface area contributed by atoms with Gasteiger partial charge in [0.15, 0.2) is 5.17 Å². The fraction of sp³-hybridized carbons (Fsp3) is 0.263. The third-order valence-electron chi connectivity index (χ3n) is 4.19. The van der Waals surface area contributed by atoms with E-state index in [1.165, 1.54) is 36.0 Å². The Balaban J connectivity index is 1.68. The summed E-state index contributed by atoms with van der Waals surface area (Å²) in [6, 6.07) is 10.3. The second-order valence-electron chi connectivity index (χ2n) is 6.24. The Morgan fingerprint density at radius 3 is 2.64 bits per heavy atom. The van der Waals surface area contributed by atoms with Gasteiger partial charge in [0.25, 0.3) is 5.91 Å². The molecule has 0 aromatic heterocycles. The van der Waals surface area contributed by atoms with Gasteiger partial charge in [0.2, 0.25) is 10.0 Å². The molecule has 9 heteroatoms. The van der Waals surface area contributed by atoms with E-state index in [0.717, 1.165) is 11.3 Å². The van der Waals surface area contributed by atoms with E-state index in [0.29, 0.717) is 23.7 Å². The number of benzene rings is 2. The highest BCUT2D eigenvalue weighted by Gasteiger charge is 2.19. The summed E-state index contributed by atoms with van der Waals surface area (Å²) in [5.74, 6) is 0.104. The van der Waals surface area contributed by atoms with Gasteiger partial charge >= 0.3 is 0 Å². The quantitative estimate of drug-likeness (QED) is 0.750. The maximum Gasteiger partial charge on any atom is 0.257 e. The lowest BCUT2D eigenvalue weighted by atomic mass is 10.1. The topological polar surface area (TPSA) is 87.6 Å². The maximum absolute atomic E-state index is 12.9. The number of nitrogens with zero attached hydrogens (tertiary/aromatic N) is 1. The minimum atomic E-state index is -3.78. The summed E-state index contributed by atoms with van der Waals surface area (Å²) >= 11 is 1.45. The van der Waals surface area contributed by atoms with Crippen molar-refractivity contribution in [1.29, 1.82) is 0 Å². The maximum atomic E-state index is 12.9. The molecule has 148 valence electrons. The minimum absolute atomic E-state index is 0.0170. The average molecular weight is 422 g/mol. The first-order chi connectivity index (χ1) is 13.3. The van der Waals surface area contributed by atoms with Gasteiger partial charge in [-0.15, -0.1) is 0 Å². The molecule has 0 aliphatic carbocycles. The molecule has 2 aromatic rings. The Morgan fingerprint density at radius 2 is 1.96 bits per heavy atom. The summed E-state index contributed by atoms with van der Waals surface area (Å²) in [4.78, 5) is 16.7.